The van der Waals surface area contributed by atoms with Crippen LogP contribution in [0.3, 0.4) is 0 Å². The summed E-state index contributed by atoms with van der Waals surface area (Å²) in [6.45, 7) is 0. The monoisotopic (exact) mass is 381 g/mol. The Labute approximate surface area is 161 Å². The Morgan fingerprint density at radius 2 is 2.00 bits per heavy atom. The summed E-state index contributed by atoms with van der Waals surface area (Å²) in [4.78, 5) is 34.7. The Hall–Kier alpha value is -3.26. The van der Waals surface area contributed by atoms with E-state index in [4.69, 9.17) is 0 Å². The van der Waals surface area contributed by atoms with Gasteiger partial charge < -0.3 is 4.90 Å². The van der Waals surface area contributed by atoms with Crippen molar-refractivity contribution in [3.05, 3.63) is 65.4 Å². The van der Waals surface area contributed by atoms with Gasteiger partial charge in [0.1, 0.15) is 5.01 Å². The number of thiazole rings is 1. The second-order valence-corrected chi connectivity index (χ2v) is 6.87. The molecule has 7 nitrogen and oxygen atoms in total. The molecule has 0 atom stereocenters. The second-order valence-electron chi connectivity index (χ2n) is 6.01. The fourth-order valence-corrected chi connectivity index (χ4v) is 3.15. The Morgan fingerprint density at radius 3 is 2.74 bits per heavy atom. The van der Waals surface area contributed by atoms with E-state index in [1.807, 2.05) is 42.6 Å². The molecular formula is C19H19N5O2S. The number of nitrogens with one attached hydrogen (secondary N) is 2. The summed E-state index contributed by atoms with van der Waals surface area (Å²) in [6, 6.07) is 10.9. The summed E-state index contributed by atoms with van der Waals surface area (Å²) in [7, 11) is 3.79. The SMILES string of the molecule is CN(C)c1cccc(C(=O)NNC(=O)Cc2csc(-c3cccnc3)n2)c1. The van der Waals surface area contributed by atoms with E-state index in [0.29, 0.717) is 11.3 Å². The van der Waals surface area contributed by atoms with Gasteiger partial charge in [0.05, 0.1) is 12.1 Å². The van der Waals surface area contributed by atoms with Gasteiger partial charge in [-0.25, -0.2) is 4.98 Å². The Balaban J connectivity index is 1.55. The number of pyridine rings is 1. The number of amides is 2. The molecule has 2 aromatic heterocycles. The van der Waals surface area contributed by atoms with Crippen molar-refractivity contribution in [3.63, 3.8) is 0 Å². The first-order chi connectivity index (χ1) is 13.0. The van der Waals surface area contributed by atoms with Gasteiger partial charge in [-0.15, -0.1) is 11.3 Å². The van der Waals surface area contributed by atoms with Crippen LogP contribution in [0.5, 0.6) is 0 Å². The van der Waals surface area contributed by atoms with Crippen molar-refractivity contribution in [2.75, 3.05) is 19.0 Å². The van der Waals surface area contributed by atoms with Crippen LogP contribution < -0.4 is 15.8 Å². The highest BCUT2D eigenvalue weighted by Crippen LogP contribution is 2.22. The van der Waals surface area contributed by atoms with Crippen LogP contribution in [0.4, 0.5) is 5.69 Å². The molecule has 2 amide bonds. The quantitative estimate of drug-likeness (QED) is 0.662. The molecule has 2 N–H and O–H groups in total. The first kappa shape index (κ1) is 18.5. The maximum absolute atomic E-state index is 12.2. The molecule has 0 unspecified atom stereocenters. The molecule has 2 heterocycles. The van der Waals surface area contributed by atoms with Crippen molar-refractivity contribution in [1.29, 1.82) is 0 Å². The second kappa shape index (κ2) is 8.41. The van der Waals surface area contributed by atoms with Crippen molar-refractivity contribution >= 4 is 28.8 Å². The lowest BCUT2D eigenvalue weighted by molar-refractivity contribution is -0.121. The van der Waals surface area contributed by atoms with E-state index in [1.165, 1.54) is 11.3 Å². The Kier molecular flexibility index (Phi) is 5.77. The summed E-state index contributed by atoms with van der Waals surface area (Å²) in [5, 5.41) is 2.63. The van der Waals surface area contributed by atoms with Crippen molar-refractivity contribution in [2.45, 2.75) is 6.42 Å². The average molecular weight is 381 g/mol. The van der Waals surface area contributed by atoms with Crippen LogP contribution in [0, 0.1) is 0 Å². The molecule has 27 heavy (non-hydrogen) atoms. The van der Waals surface area contributed by atoms with Crippen molar-refractivity contribution in [3.8, 4) is 10.6 Å². The third-order valence-electron chi connectivity index (χ3n) is 3.74. The molecule has 0 bridgehead atoms. The molecule has 0 fully saturated rings. The van der Waals surface area contributed by atoms with Gasteiger partial charge in [0.25, 0.3) is 5.91 Å². The normalized spacial score (nSPS) is 10.3. The number of hydrogen-bond donors (Lipinski definition) is 2. The van der Waals surface area contributed by atoms with Gasteiger partial charge in [0, 0.05) is 48.7 Å². The first-order valence-electron chi connectivity index (χ1n) is 8.24. The van der Waals surface area contributed by atoms with Gasteiger partial charge in [0.15, 0.2) is 0 Å². The number of nitrogens with zero attached hydrogens (tertiary/aromatic N) is 3. The molecule has 0 aliphatic rings. The Morgan fingerprint density at radius 1 is 1.15 bits per heavy atom. The van der Waals surface area contributed by atoms with E-state index < -0.39 is 0 Å². The minimum Gasteiger partial charge on any atom is -0.378 e. The maximum Gasteiger partial charge on any atom is 0.269 e. The zero-order chi connectivity index (χ0) is 19.2. The van der Waals surface area contributed by atoms with Crippen LogP contribution >= 0.6 is 11.3 Å². The lowest BCUT2D eigenvalue weighted by atomic mass is 10.2. The zero-order valence-electron chi connectivity index (χ0n) is 15.0. The molecule has 0 saturated heterocycles. The molecule has 0 saturated carbocycles. The number of aromatic nitrogens is 2. The van der Waals surface area contributed by atoms with Gasteiger partial charge in [0.2, 0.25) is 5.91 Å². The fraction of sp³-hybridized carbons (Fsp3) is 0.158. The number of benzene rings is 1. The largest absolute Gasteiger partial charge is 0.378 e. The van der Waals surface area contributed by atoms with Gasteiger partial charge in [-0.05, 0) is 30.3 Å². The average Bonchev–Trinajstić information content (AvgIpc) is 3.15. The van der Waals surface area contributed by atoms with Crippen LogP contribution in [-0.2, 0) is 11.2 Å². The first-order valence-corrected chi connectivity index (χ1v) is 9.12. The summed E-state index contributed by atoms with van der Waals surface area (Å²) >= 11 is 1.45. The van der Waals surface area contributed by atoms with E-state index in [-0.39, 0.29) is 18.2 Å². The van der Waals surface area contributed by atoms with Crippen molar-refractivity contribution in [2.24, 2.45) is 0 Å². The zero-order valence-corrected chi connectivity index (χ0v) is 15.8. The summed E-state index contributed by atoms with van der Waals surface area (Å²) in [5.41, 5.74) is 7.77. The highest BCUT2D eigenvalue weighted by molar-refractivity contribution is 7.13. The van der Waals surface area contributed by atoms with Crippen LogP contribution in [-0.4, -0.2) is 35.9 Å². The van der Waals surface area contributed by atoms with Gasteiger partial charge in [-0.3, -0.25) is 25.4 Å². The topological polar surface area (TPSA) is 87.2 Å². The molecule has 138 valence electrons. The smallest absolute Gasteiger partial charge is 0.269 e. The van der Waals surface area contributed by atoms with Crippen LogP contribution in [0.1, 0.15) is 16.1 Å². The van der Waals surface area contributed by atoms with Crippen LogP contribution in [0.25, 0.3) is 10.6 Å². The van der Waals surface area contributed by atoms with E-state index in [0.717, 1.165) is 16.3 Å². The van der Waals surface area contributed by atoms with E-state index in [1.54, 1.807) is 30.6 Å². The molecule has 0 radical (unpaired) electrons. The number of carbonyl (C=O) groups is 2. The molecule has 1 aromatic carbocycles. The third-order valence-corrected chi connectivity index (χ3v) is 4.68. The fourth-order valence-electron chi connectivity index (χ4n) is 2.34. The number of hydrogen-bond acceptors (Lipinski definition) is 6. The minimum absolute atomic E-state index is 0.0782. The number of hydrazine groups is 1. The predicted molar refractivity (Wildman–Crippen MR) is 105 cm³/mol. The van der Waals surface area contributed by atoms with Crippen molar-refractivity contribution in [1.82, 2.24) is 20.8 Å². The molecule has 0 spiro atoms. The lowest BCUT2D eigenvalue weighted by Gasteiger charge is -2.13. The number of anilines is 1. The minimum atomic E-state index is -0.374. The summed E-state index contributed by atoms with van der Waals surface area (Å²) in [5.74, 6) is -0.712. The van der Waals surface area contributed by atoms with Crippen LogP contribution in [0.15, 0.2) is 54.2 Å². The summed E-state index contributed by atoms with van der Waals surface area (Å²) < 4.78 is 0. The van der Waals surface area contributed by atoms with E-state index >= 15 is 0 Å². The number of rotatable bonds is 5. The van der Waals surface area contributed by atoms with Crippen LogP contribution in [0.2, 0.25) is 0 Å². The van der Waals surface area contributed by atoms with Crippen molar-refractivity contribution < 1.29 is 9.59 Å². The Bertz CT molecular complexity index is 940. The van der Waals surface area contributed by atoms with Gasteiger partial charge >= 0.3 is 0 Å². The van der Waals surface area contributed by atoms with E-state index in [2.05, 4.69) is 20.8 Å². The number of carbonyl (C=O) groups excluding carboxylic acids is 2. The lowest BCUT2D eigenvalue weighted by Crippen LogP contribution is -2.42. The highest BCUT2D eigenvalue weighted by atomic mass is 32.1. The van der Waals surface area contributed by atoms with Gasteiger partial charge in [-0.2, -0.15) is 0 Å². The highest BCUT2D eigenvalue weighted by Gasteiger charge is 2.11. The standard InChI is InChI=1S/C19H19N5O2S/c1-24(2)16-7-3-5-13(9-16)18(26)23-22-17(25)10-15-12-27-19(21-15)14-6-4-8-20-11-14/h3-9,11-12H,10H2,1-2H3,(H,22,25)(H,23,26). The molecule has 0 aliphatic heterocycles. The van der Waals surface area contributed by atoms with Gasteiger partial charge in [-0.1, -0.05) is 6.07 Å². The predicted octanol–water partition coefficient (Wildman–Crippen LogP) is 2.27. The molecule has 8 heteroatoms. The van der Waals surface area contributed by atoms with E-state index in [9.17, 15) is 9.59 Å². The maximum atomic E-state index is 12.2. The molecule has 3 rings (SSSR count). The molecular weight excluding hydrogens is 362 g/mol. The molecule has 0 aliphatic carbocycles. The third kappa shape index (κ3) is 4.89. The summed E-state index contributed by atoms with van der Waals surface area (Å²) in [6.07, 6.45) is 3.50. The molecule has 3 aromatic rings.